The van der Waals surface area contributed by atoms with Crippen LogP contribution in [0, 0.1) is 5.41 Å². The maximum absolute atomic E-state index is 11.8. The molecule has 0 bridgehead atoms. The van der Waals surface area contributed by atoms with Gasteiger partial charge in [-0.25, -0.2) is 0 Å². The minimum Gasteiger partial charge on any atom is -0.494 e. The average Bonchev–Trinajstić information content (AvgIpc) is 2.47. The van der Waals surface area contributed by atoms with Gasteiger partial charge in [0.25, 0.3) is 5.56 Å². The maximum atomic E-state index is 11.8. The van der Waals surface area contributed by atoms with Crippen LogP contribution in [0.2, 0.25) is 0 Å². The quantitative estimate of drug-likeness (QED) is 0.284. The standard InChI is InChI=1S/C15H18N4O4/c16-15(17)18-4-1-5-23-11-2-3-12-9(7-11)6-10(8-13(20)21)14(22)19-12/h2-3,6-7H,1,4-5,8H2,(H,19,22)(H,20,21)(H4,16,17,18). The molecule has 1 heterocycles. The summed E-state index contributed by atoms with van der Waals surface area (Å²) in [6.07, 6.45) is 0.348. The van der Waals surface area contributed by atoms with Gasteiger partial charge in [0.1, 0.15) is 5.75 Å². The summed E-state index contributed by atoms with van der Waals surface area (Å²) < 4.78 is 5.59. The van der Waals surface area contributed by atoms with E-state index in [1.54, 1.807) is 24.3 Å². The van der Waals surface area contributed by atoms with E-state index >= 15 is 0 Å². The number of ether oxygens (including phenoxy) is 1. The first kappa shape index (κ1) is 16.3. The zero-order valence-corrected chi connectivity index (χ0v) is 12.4. The number of hydrogen-bond acceptors (Lipinski definition) is 4. The van der Waals surface area contributed by atoms with Crippen LogP contribution in [0.1, 0.15) is 12.0 Å². The van der Waals surface area contributed by atoms with Crippen molar-refractivity contribution in [2.45, 2.75) is 12.8 Å². The van der Waals surface area contributed by atoms with Crippen molar-refractivity contribution >= 4 is 22.8 Å². The molecule has 0 aliphatic carbocycles. The maximum Gasteiger partial charge on any atom is 0.308 e. The summed E-state index contributed by atoms with van der Waals surface area (Å²) in [6.45, 7) is 0.982. The third-order valence-corrected chi connectivity index (χ3v) is 3.14. The van der Waals surface area contributed by atoms with Crippen molar-refractivity contribution in [2.24, 2.45) is 5.73 Å². The number of H-pyrrole nitrogens is 1. The summed E-state index contributed by atoms with van der Waals surface area (Å²) in [4.78, 5) is 25.2. The second-order valence-electron chi connectivity index (χ2n) is 4.99. The third kappa shape index (κ3) is 4.73. The van der Waals surface area contributed by atoms with Crippen molar-refractivity contribution in [3.63, 3.8) is 0 Å². The topological polar surface area (TPSA) is 141 Å². The molecule has 6 N–H and O–H groups in total. The fraction of sp³-hybridized carbons (Fsp3) is 0.267. The number of benzene rings is 1. The van der Waals surface area contributed by atoms with Gasteiger partial charge in [0.15, 0.2) is 5.96 Å². The number of nitrogens with two attached hydrogens (primary N) is 1. The number of hydrogen-bond donors (Lipinski definition) is 5. The molecule has 0 aliphatic heterocycles. The van der Waals surface area contributed by atoms with E-state index in [-0.39, 0.29) is 17.9 Å². The van der Waals surface area contributed by atoms with E-state index in [1.807, 2.05) is 0 Å². The molecule has 2 rings (SSSR count). The van der Waals surface area contributed by atoms with E-state index < -0.39 is 11.5 Å². The predicted molar refractivity (Wildman–Crippen MR) is 85.9 cm³/mol. The third-order valence-electron chi connectivity index (χ3n) is 3.14. The second-order valence-corrected chi connectivity index (χ2v) is 4.99. The van der Waals surface area contributed by atoms with Gasteiger partial charge >= 0.3 is 5.97 Å². The lowest BCUT2D eigenvalue weighted by molar-refractivity contribution is -0.136. The lowest BCUT2D eigenvalue weighted by atomic mass is 10.1. The Hall–Kier alpha value is -3.03. The van der Waals surface area contributed by atoms with Crippen LogP contribution in [0.4, 0.5) is 0 Å². The van der Waals surface area contributed by atoms with Crippen LogP contribution in [0.3, 0.4) is 0 Å². The Balaban J connectivity index is 2.08. The Morgan fingerprint density at radius 1 is 1.39 bits per heavy atom. The van der Waals surface area contributed by atoms with Crippen molar-refractivity contribution in [2.75, 3.05) is 13.2 Å². The van der Waals surface area contributed by atoms with Gasteiger partial charge in [0, 0.05) is 23.0 Å². The summed E-state index contributed by atoms with van der Waals surface area (Å²) in [5, 5.41) is 19.2. The smallest absolute Gasteiger partial charge is 0.308 e. The molecule has 0 saturated heterocycles. The lowest BCUT2D eigenvalue weighted by Crippen LogP contribution is -2.31. The van der Waals surface area contributed by atoms with Crippen LogP contribution >= 0.6 is 0 Å². The van der Waals surface area contributed by atoms with Gasteiger partial charge in [-0.15, -0.1) is 0 Å². The summed E-state index contributed by atoms with van der Waals surface area (Å²) in [6, 6.07) is 6.75. The summed E-state index contributed by atoms with van der Waals surface area (Å²) in [5.41, 5.74) is 5.59. The molecule has 0 saturated carbocycles. The highest BCUT2D eigenvalue weighted by atomic mass is 16.5. The average molecular weight is 318 g/mol. The number of aliphatic carboxylic acids is 1. The first-order valence-electron chi connectivity index (χ1n) is 7.04. The molecule has 0 amide bonds. The number of carbonyl (C=O) groups is 1. The van der Waals surface area contributed by atoms with E-state index in [4.69, 9.17) is 21.0 Å². The molecule has 0 fully saturated rings. The summed E-state index contributed by atoms with van der Waals surface area (Å²) >= 11 is 0. The minimum atomic E-state index is -1.06. The van der Waals surface area contributed by atoms with Crippen LogP contribution < -0.4 is 21.3 Å². The Morgan fingerprint density at radius 2 is 2.17 bits per heavy atom. The van der Waals surface area contributed by atoms with Crippen molar-refractivity contribution in [3.05, 3.63) is 40.2 Å². The Kier molecular flexibility index (Phi) is 5.19. The Labute approximate surface area is 131 Å². The largest absolute Gasteiger partial charge is 0.494 e. The van der Waals surface area contributed by atoms with Crippen molar-refractivity contribution in [1.82, 2.24) is 10.3 Å². The molecule has 0 spiro atoms. The number of aromatic amines is 1. The molecule has 0 aliphatic rings. The Bertz CT molecular complexity index is 785. The second kappa shape index (κ2) is 7.30. The zero-order valence-electron chi connectivity index (χ0n) is 12.4. The molecule has 2 aromatic rings. The highest BCUT2D eigenvalue weighted by Crippen LogP contribution is 2.19. The molecular weight excluding hydrogens is 300 g/mol. The molecule has 0 atom stereocenters. The highest BCUT2D eigenvalue weighted by Gasteiger charge is 2.08. The first-order chi connectivity index (χ1) is 11.0. The molecule has 122 valence electrons. The number of nitrogens with one attached hydrogen (secondary N) is 3. The number of pyridine rings is 1. The van der Waals surface area contributed by atoms with Gasteiger partial charge in [0.2, 0.25) is 0 Å². The molecular formula is C15H18N4O4. The molecule has 0 radical (unpaired) electrons. The van der Waals surface area contributed by atoms with E-state index in [0.717, 1.165) is 0 Å². The summed E-state index contributed by atoms with van der Waals surface area (Å²) in [7, 11) is 0. The van der Waals surface area contributed by atoms with E-state index in [0.29, 0.717) is 36.2 Å². The number of fused-ring (bicyclic) bond motifs is 1. The molecule has 0 unspecified atom stereocenters. The van der Waals surface area contributed by atoms with Crippen LogP contribution in [-0.4, -0.2) is 35.2 Å². The van der Waals surface area contributed by atoms with Gasteiger partial charge in [-0.3, -0.25) is 15.0 Å². The SMILES string of the molecule is N=C(N)NCCCOc1ccc2[nH]c(=O)c(CC(=O)O)cc2c1. The normalized spacial score (nSPS) is 10.4. The molecule has 1 aromatic carbocycles. The van der Waals surface area contributed by atoms with Gasteiger partial charge in [-0.05, 0) is 30.7 Å². The van der Waals surface area contributed by atoms with Crippen molar-refractivity contribution < 1.29 is 14.6 Å². The van der Waals surface area contributed by atoms with Gasteiger partial charge < -0.3 is 25.9 Å². The molecule has 23 heavy (non-hydrogen) atoms. The number of carboxylic acids is 1. The number of guanidine groups is 1. The number of aromatic nitrogens is 1. The van der Waals surface area contributed by atoms with Crippen LogP contribution in [0.15, 0.2) is 29.1 Å². The van der Waals surface area contributed by atoms with Crippen LogP contribution in [0.25, 0.3) is 10.9 Å². The fourth-order valence-corrected chi connectivity index (χ4v) is 2.10. The fourth-order valence-electron chi connectivity index (χ4n) is 2.10. The van der Waals surface area contributed by atoms with Crippen molar-refractivity contribution in [1.29, 1.82) is 5.41 Å². The van der Waals surface area contributed by atoms with E-state index in [1.165, 1.54) is 0 Å². The number of rotatable bonds is 7. The lowest BCUT2D eigenvalue weighted by Gasteiger charge is -2.08. The van der Waals surface area contributed by atoms with Gasteiger partial charge in [-0.2, -0.15) is 0 Å². The monoisotopic (exact) mass is 318 g/mol. The Morgan fingerprint density at radius 3 is 2.87 bits per heavy atom. The van der Waals surface area contributed by atoms with Gasteiger partial charge in [-0.1, -0.05) is 0 Å². The van der Waals surface area contributed by atoms with Crippen LogP contribution in [0.5, 0.6) is 5.75 Å². The van der Waals surface area contributed by atoms with Gasteiger partial charge in [0.05, 0.1) is 13.0 Å². The minimum absolute atomic E-state index is 0.0781. The highest BCUT2D eigenvalue weighted by molar-refractivity contribution is 5.81. The molecule has 1 aromatic heterocycles. The van der Waals surface area contributed by atoms with E-state index in [9.17, 15) is 9.59 Å². The molecule has 8 heteroatoms. The van der Waals surface area contributed by atoms with E-state index in [2.05, 4.69) is 10.3 Å². The molecule has 8 nitrogen and oxygen atoms in total. The van der Waals surface area contributed by atoms with Crippen molar-refractivity contribution in [3.8, 4) is 5.75 Å². The number of carboxylic acid groups (broad SMARTS) is 1. The van der Waals surface area contributed by atoms with Crippen LogP contribution in [-0.2, 0) is 11.2 Å². The summed E-state index contributed by atoms with van der Waals surface area (Å²) in [5.74, 6) is -0.514. The zero-order chi connectivity index (χ0) is 16.8. The predicted octanol–water partition coefficient (Wildman–Crippen LogP) is 0.407. The first-order valence-corrected chi connectivity index (χ1v) is 7.04.